The third kappa shape index (κ3) is 2.23. The van der Waals surface area contributed by atoms with Gasteiger partial charge in [-0.1, -0.05) is 17.7 Å². The summed E-state index contributed by atoms with van der Waals surface area (Å²) in [6, 6.07) is 5.12. The van der Waals surface area contributed by atoms with Gasteiger partial charge in [0.2, 0.25) is 0 Å². The Balaban J connectivity index is 2.38. The van der Waals surface area contributed by atoms with Crippen molar-refractivity contribution in [1.82, 2.24) is 14.9 Å². The summed E-state index contributed by atoms with van der Waals surface area (Å²) in [4.78, 5) is 15.1. The molecule has 0 saturated heterocycles. The van der Waals surface area contributed by atoms with Gasteiger partial charge < -0.3 is 10.4 Å². The lowest BCUT2D eigenvalue weighted by Gasteiger charge is -2.04. The van der Waals surface area contributed by atoms with Crippen molar-refractivity contribution in [1.29, 1.82) is 0 Å². The SMILES string of the molecule is O=C(CNc1nc2cccc(Cl)n2c1CO)NO. The fraction of sp³-hybridized carbons (Fsp3) is 0.200. The second-order valence-electron chi connectivity index (χ2n) is 3.50. The molecule has 18 heavy (non-hydrogen) atoms. The summed E-state index contributed by atoms with van der Waals surface area (Å²) in [6.45, 7) is -0.445. The summed E-state index contributed by atoms with van der Waals surface area (Å²) in [7, 11) is 0. The second-order valence-corrected chi connectivity index (χ2v) is 3.88. The Hall–Kier alpha value is -1.83. The predicted octanol–water partition coefficient (Wildman–Crippen LogP) is 0.397. The van der Waals surface area contributed by atoms with Crippen LogP contribution in [0.5, 0.6) is 0 Å². The summed E-state index contributed by atoms with van der Waals surface area (Å²) in [6.07, 6.45) is 0. The van der Waals surface area contributed by atoms with E-state index in [1.165, 1.54) is 5.48 Å². The maximum Gasteiger partial charge on any atom is 0.262 e. The molecule has 1 amide bonds. The van der Waals surface area contributed by atoms with Crippen LogP contribution in [0.25, 0.3) is 5.65 Å². The molecule has 0 spiro atoms. The van der Waals surface area contributed by atoms with Gasteiger partial charge in [-0.05, 0) is 12.1 Å². The fourth-order valence-corrected chi connectivity index (χ4v) is 1.86. The average molecular weight is 271 g/mol. The highest BCUT2D eigenvalue weighted by atomic mass is 35.5. The number of aromatic nitrogens is 2. The van der Waals surface area contributed by atoms with Gasteiger partial charge in [-0.15, -0.1) is 0 Å². The van der Waals surface area contributed by atoms with Crippen molar-refractivity contribution in [3.8, 4) is 0 Å². The molecule has 2 rings (SSSR count). The molecule has 0 atom stereocenters. The van der Waals surface area contributed by atoms with Gasteiger partial charge in [0, 0.05) is 0 Å². The van der Waals surface area contributed by atoms with E-state index in [0.717, 1.165) is 0 Å². The van der Waals surface area contributed by atoms with Crippen LogP contribution in [-0.2, 0) is 11.4 Å². The molecule has 4 N–H and O–H groups in total. The minimum Gasteiger partial charge on any atom is -0.390 e. The minimum atomic E-state index is -0.609. The number of rotatable bonds is 4. The van der Waals surface area contributed by atoms with E-state index in [4.69, 9.17) is 16.8 Å². The Labute approximate surface area is 107 Å². The van der Waals surface area contributed by atoms with Crippen LogP contribution in [0, 0.1) is 0 Å². The summed E-state index contributed by atoms with van der Waals surface area (Å²) < 4.78 is 1.57. The quantitative estimate of drug-likeness (QED) is 0.366. The predicted molar refractivity (Wildman–Crippen MR) is 64.5 cm³/mol. The summed E-state index contributed by atoms with van der Waals surface area (Å²) in [5.74, 6) is -0.267. The first-order valence-corrected chi connectivity index (χ1v) is 5.48. The van der Waals surface area contributed by atoms with E-state index in [1.54, 1.807) is 22.6 Å². The molecule has 0 aliphatic heterocycles. The molecule has 2 aromatic rings. The van der Waals surface area contributed by atoms with Crippen LogP contribution < -0.4 is 10.8 Å². The molecule has 0 aromatic carbocycles. The molecule has 0 radical (unpaired) electrons. The number of aliphatic hydroxyl groups is 1. The highest BCUT2D eigenvalue weighted by Gasteiger charge is 2.13. The Morgan fingerprint density at radius 3 is 2.94 bits per heavy atom. The maximum atomic E-state index is 10.9. The molecule has 0 aliphatic carbocycles. The Morgan fingerprint density at radius 2 is 2.28 bits per heavy atom. The van der Waals surface area contributed by atoms with Gasteiger partial charge in [-0.3, -0.25) is 14.4 Å². The number of imidazole rings is 1. The van der Waals surface area contributed by atoms with E-state index in [0.29, 0.717) is 22.3 Å². The molecule has 0 fully saturated rings. The topological polar surface area (TPSA) is 98.9 Å². The number of nitrogens with zero attached hydrogens (tertiary/aromatic N) is 2. The first-order valence-electron chi connectivity index (χ1n) is 5.11. The van der Waals surface area contributed by atoms with Crippen LogP contribution in [0.2, 0.25) is 5.15 Å². The van der Waals surface area contributed by atoms with Gasteiger partial charge in [0.25, 0.3) is 5.91 Å². The molecule has 0 aliphatic rings. The van der Waals surface area contributed by atoms with Crippen molar-refractivity contribution in [2.24, 2.45) is 0 Å². The lowest BCUT2D eigenvalue weighted by Crippen LogP contribution is -2.27. The number of fused-ring (bicyclic) bond motifs is 1. The van der Waals surface area contributed by atoms with Crippen LogP contribution in [-0.4, -0.2) is 32.2 Å². The lowest BCUT2D eigenvalue weighted by atomic mass is 10.4. The summed E-state index contributed by atoms with van der Waals surface area (Å²) in [5.41, 5.74) is 2.49. The molecule has 0 unspecified atom stereocenters. The van der Waals surface area contributed by atoms with Gasteiger partial charge >= 0.3 is 0 Å². The third-order valence-corrected chi connectivity index (χ3v) is 2.68. The first kappa shape index (κ1) is 12.6. The molecule has 0 saturated carbocycles. The number of anilines is 1. The molecular weight excluding hydrogens is 260 g/mol. The van der Waals surface area contributed by atoms with Crippen molar-refractivity contribution in [3.63, 3.8) is 0 Å². The number of nitrogens with one attached hydrogen (secondary N) is 2. The van der Waals surface area contributed by atoms with Gasteiger partial charge in [0.1, 0.15) is 10.8 Å². The maximum absolute atomic E-state index is 10.9. The van der Waals surface area contributed by atoms with Crippen molar-refractivity contribution in [2.75, 3.05) is 11.9 Å². The third-order valence-electron chi connectivity index (χ3n) is 2.38. The van der Waals surface area contributed by atoms with Gasteiger partial charge in [0.15, 0.2) is 5.82 Å². The number of amides is 1. The molecule has 2 aromatic heterocycles. The van der Waals surface area contributed by atoms with E-state index in [1.807, 2.05) is 0 Å². The van der Waals surface area contributed by atoms with Crippen molar-refractivity contribution in [3.05, 3.63) is 29.0 Å². The molecule has 8 heteroatoms. The van der Waals surface area contributed by atoms with Crippen LogP contribution in [0.1, 0.15) is 5.69 Å². The summed E-state index contributed by atoms with van der Waals surface area (Å²) in [5, 5.41) is 20.8. The number of carbonyl (C=O) groups is 1. The number of hydrogen-bond acceptors (Lipinski definition) is 5. The average Bonchev–Trinajstić information content (AvgIpc) is 2.74. The van der Waals surface area contributed by atoms with Gasteiger partial charge in [-0.2, -0.15) is 0 Å². The molecule has 2 heterocycles. The van der Waals surface area contributed by atoms with E-state index in [2.05, 4.69) is 10.3 Å². The smallest absolute Gasteiger partial charge is 0.262 e. The zero-order valence-electron chi connectivity index (χ0n) is 9.22. The monoisotopic (exact) mass is 270 g/mol. The van der Waals surface area contributed by atoms with Gasteiger partial charge in [-0.25, -0.2) is 10.5 Å². The highest BCUT2D eigenvalue weighted by molar-refractivity contribution is 6.29. The second kappa shape index (κ2) is 5.21. The molecular formula is C10H11ClN4O3. The van der Waals surface area contributed by atoms with E-state index >= 15 is 0 Å². The molecule has 7 nitrogen and oxygen atoms in total. The summed E-state index contributed by atoms with van der Waals surface area (Å²) >= 11 is 6.01. The standard InChI is InChI=1S/C10H11ClN4O3/c11-7-2-1-3-8-13-10(6(5-16)15(7)8)12-4-9(17)14-18/h1-3,12,16,18H,4-5H2,(H,14,17). The Kier molecular flexibility index (Phi) is 3.66. The normalized spacial score (nSPS) is 10.6. The van der Waals surface area contributed by atoms with Crippen LogP contribution in [0.3, 0.4) is 0 Å². The van der Waals surface area contributed by atoms with Crippen LogP contribution in [0.15, 0.2) is 18.2 Å². The highest BCUT2D eigenvalue weighted by Crippen LogP contribution is 2.22. The fourth-order valence-electron chi connectivity index (χ4n) is 1.60. The van der Waals surface area contributed by atoms with E-state index in [9.17, 15) is 9.90 Å². The van der Waals surface area contributed by atoms with Crippen molar-refractivity contribution < 1.29 is 15.1 Å². The lowest BCUT2D eigenvalue weighted by molar-refractivity contribution is -0.127. The number of halogens is 1. The number of pyridine rings is 1. The van der Waals surface area contributed by atoms with E-state index in [-0.39, 0.29) is 13.2 Å². The number of carbonyl (C=O) groups excluding carboxylic acids is 1. The van der Waals surface area contributed by atoms with Gasteiger partial charge in [0.05, 0.1) is 18.8 Å². The Morgan fingerprint density at radius 1 is 1.50 bits per heavy atom. The minimum absolute atomic E-state index is 0.162. The zero-order valence-corrected chi connectivity index (χ0v) is 9.98. The zero-order chi connectivity index (χ0) is 13.1. The largest absolute Gasteiger partial charge is 0.390 e. The van der Waals surface area contributed by atoms with Crippen LogP contribution in [0.4, 0.5) is 5.82 Å². The van der Waals surface area contributed by atoms with Crippen molar-refractivity contribution >= 4 is 29.0 Å². The molecule has 96 valence electrons. The number of hydroxylamine groups is 1. The van der Waals surface area contributed by atoms with E-state index < -0.39 is 5.91 Å². The van der Waals surface area contributed by atoms with Crippen molar-refractivity contribution in [2.45, 2.75) is 6.61 Å². The number of aliphatic hydroxyl groups excluding tert-OH is 1. The van der Waals surface area contributed by atoms with Crippen LogP contribution >= 0.6 is 11.6 Å². The first-order chi connectivity index (χ1) is 8.67. The number of hydrogen-bond donors (Lipinski definition) is 4. The molecule has 0 bridgehead atoms. The Bertz CT molecular complexity index is 584.